The zero-order valence-corrected chi connectivity index (χ0v) is 13.9. The predicted molar refractivity (Wildman–Crippen MR) is 89.6 cm³/mol. The van der Waals surface area contributed by atoms with E-state index in [2.05, 4.69) is 35.3 Å². The van der Waals surface area contributed by atoms with Gasteiger partial charge in [-0.05, 0) is 12.5 Å². The highest BCUT2D eigenvalue weighted by molar-refractivity contribution is 5.85. The second kappa shape index (κ2) is 10.3. The molecule has 1 heterocycles. The Morgan fingerprint density at radius 1 is 1.20 bits per heavy atom. The van der Waals surface area contributed by atoms with E-state index >= 15 is 0 Å². The van der Waals surface area contributed by atoms with Gasteiger partial charge in [-0.1, -0.05) is 31.5 Å². The Hall–Kier alpha value is -0.480. The molecule has 5 heteroatoms. The molecule has 0 aliphatic carbocycles. The van der Waals surface area contributed by atoms with Crippen molar-refractivity contribution in [3.05, 3.63) is 29.8 Å². The molecule has 1 atom stereocenters. The quantitative estimate of drug-likeness (QED) is 0.901. The molecule has 1 aliphatic heterocycles. The first-order valence-corrected chi connectivity index (χ1v) is 6.94. The van der Waals surface area contributed by atoms with Crippen molar-refractivity contribution in [3.8, 4) is 5.75 Å². The third-order valence-electron chi connectivity index (χ3n) is 3.65. The monoisotopic (exact) mass is 320 g/mol. The van der Waals surface area contributed by atoms with Crippen LogP contribution in [-0.4, -0.2) is 38.2 Å². The first-order chi connectivity index (χ1) is 8.86. The molecule has 1 fully saturated rings. The number of methoxy groups -OCH3 is 1. The van der Waals surface area contributed by atoms with E-state index < -0.39 is 0 Å². The number of rotatable bonds is 5. The van der Waals surface area contributed by atoms with Crippen LogP contribution in [0.5, 0.6) is 5.75 Å². The molecule has 2 rings (SSSR count). The Labute approximate surface area is 134 Å². The molecule has 0 radical (unpaired) electrons. The maximum Gasteiger partial charge on any atom is 0.123 e. The summed E-state index contributed by atoms with van der Waals surface area (Å²) < 4.78 is 5.52. The molecule has 0 saturated carbocycles. The van der Waals surface area contributed by atoms with Crippen LogP contribution < -0.4 is 10.1 Å². The summed E-state index contributed by atoms with van der Waals surface area (Å²) >= 11 is 0. The highest BCUT2D eigenvalue weighted by atomic mass is 35.5. The van der Waals surface area contributed by atoms with E-state index in [0.717, 1.165) is 31.9 Å². The molecule has 20 heavy (non-hydrogen) atoms. The van der Waals surface area contributed by atoms with Gasteiger partial charge in [0.15, 0.2) is 0 Å². The Bertz CT molecular complexity index is 371. The van der Waals surface area contributed by atoms with Crippen LogP contribution in [0.3, 0.4) is 0 Å². The number of para-hydroxylation sites is 1. The lowest BCUT2D eigenvalue weighted by Gasteiger charge is -2.35. The van der Waals surface area contributed by atoms with E-state index in [1.165, 1.54) is 18.4 Å². The largest absolute Gasteiger partial charge is 0.496 e. The van der Waals surface area contributed by atoms with Crippen molar-refractivity contribution >= 4 is 24.8 Å². The average molecular weight is 321 g/mol. The Balaban J connectivity index is 0.00000180. The van der Waals surface area contributed by atoms with Crippen LogP contribution in [0.1, 0.15) is 31.4 Å². The molecule has 0 unspecified atom stereocenters. The number of hydrogen-bond donors (Lipinski definition) is 1. The molecule has 1 N–H and O–H groups in total. The number of benzene rings is 1. The van der Waals surface area contributed by atoms with Gasteiger partial charge < -0.3 is 10.1 Å². The lowest BCUT2D eigenvalue weighted by molar-refractivity contribution is 0.162. The Morgan fingerprint density at radius 3 is 2.45 bits per heavy atom. The minimum atomic E-state index is 0. The van der Waals surface area contributed by atoms with Crippen LogP contribution in [0.4, 0.5) is 0 Å². The van der Waals surface area contributed by atoms with Gasteiger partial charge in [-0.3, -0.25) is 4.90 Å². The van der Waals surface area contributed by atoms with Gasteiger partial charge in [0.2, 0.25) is 0 Å². The Morgan fingerprint density at radius 2 is 1.85 bits per heavy atom. The van der Waals surface area contributed by atoms with Gasteiger partial charge in [-0.25, -0.2) is 0 Å². The minimum Gasteiger partial charge on any atom is -0.496 e. The van der Waals surface area contributed by atoms with Crippen molar-refractivity contribution in [2.24, 2.45) is 0 Å². The zero-order chi connectivity index (χ0) is 12.8. The van der Waals surface area contributed by atoms with Crippen molar-refractivity contribution in [2.45, 2.75) is 25.8 Å². The molecular weight excluding hydrogens is 295 g/mol. The maximum absolute atomic E-state index is 5.52. The summed E-state index contributed by atoms with van der Waals surface area (Å²) in [5.74, 6) is 1.02. The third kappa shape index (κ3) is 4.81. The molecular formula is C15H26Cl2N2O. The minimum absolute atomic E-state index is 0. The molecule has 1 aliphatic rings. The average Bonchev–Trinajstić information content (AvgIpc) is 2.46. The molecule has 0 bridgehead atoms. The smallest absolute Gasteiger partial charge is 0.123 e. The predicted octanol–water partition coefficient (Wildman–Crippen LogP) is 3.29. The second-order valence-corrected chi connectivity index (χ2v) is 4.83. The fourth-order valence-corrected chi connectivity index (χ4v) is 2.74. The summed E-state index contributed by atoms with van der Waals surface area (Å²) in [4.78, 5) is 2.58. The first-order valence-electron chi connectivity index (χ1n) is 6.94. The maximum atomic E-state index is 5.52. The summed E-state index contributed by atoms with van der Waals surface area (Å²) in [6.45, 7) is 6.70. The van der Waals surface area contributed by atoms with E-state index in [-0.39, 0.29) is 24.8 Å². The molecule has 0 aromatic heterocycles. The molecule has 3 nitrogen and oxygen atoms in total. The number of ether oxygens (including phenoxy) is 1. The summed E-state index contributed by atoms with van der Waals surface area (Å²) in [6, 6.07) is 8.93. The second-order valence-electron chi connectivity index (χ2n) is 4.83. The van der Waals surface area contributed by atoms with Crippen molar-refractivity contribution < 1.29 is 4.74 Å². The number of hydrogen-bond acceptors (Lipinski definition) is 3. The summed E-state index contributed by atoms with van der Waals surface area (Å²) in [5.41, 5.74) is 1.34. The van der Waals surface area contributed by atoms with Crippen LogP contribution in [0.2, 0.25) is 0 Å². The van der Waals surface area contributed by atoms with Gasteiger partial charge >= 0.3 is 0 Å². The number of piperazine rings is 1. The van der Waals surface area contributed by atoms with Gasteiger partial charge in [0.1, 0.15) is 5.75 Å². The highest BCUT2D eigenvalue weighted by Gasteiger charge is 2.23. The molecule has 116 valence electrons. The van der Waals surface area contributed by atoms with E-state index in [1.807, 2.05) is 6.07 Å². The van der Waals surface area contributed by atoms with Crippen LogP contribution in [-0.2, 0) is 0 Å². The first kappa shape index (κ1) is 19.5. The Kier molecular flexibility index (Phi) is 10.0. The topological polar surface area (TPSA) is 24.5 Å². The van der Waals surface area contributed by atoms with Crippen LogP contribution in [0, 0.1) is 0 Å². The fraction of sp³-hybridized carbons (Fsp3) is 0.600. The van der Waals surface area contributed by atoms with Crippen molar-refractivity contribution in [2.75, 3.05) is 33.3 Å². The standard InChI is InChI=1S/C15H24N2O.2ClH/c1-3-6-14(17-11-9-16-10-12-17)13-7-4-5-8-15(13)18-2;;/h4-5,7-8,14,16H,3,6,9-12H2,1-2H3;2*1H/t14-;;/m1../s1. The summed E-state index contributed by atoms with van der Waals surface area (Å²) in [6.07, 6.45) is 2.40. The number of nitrogens with one attached hydrogen (secondary N) is 1. The van der Waals surface area contributed by atoms with Gasteiger partial charge in [-0.15, -0.1) is 24.8 Å². The van der Waals surface area contributed by atoms with Crippen LogP contribution >= 0.6 is 24.8 Å². The van der Waals surface area contributed by atoms with Crippen molar-refractivity contribution in [1.82, 2.24) is 10.2 Å². The number of halogens is 2. The van der Waals surface area contributed by atoms with Crippen LogP contribution in [0.25, 0.3) is 0 Å². The lowest BCUT2D eigenvalue weighted by Crippen LogP contribution is -2.45. The molecule has 0 amide bonds. The zero-order valence-electron chi connectivity index (χ0n) is 12.3. The van der Waals surface area contributed by atoms with Gasteiger partial charge in [0.05, 0.1) is 7.11 Å². The highest BCUT2D eigenvalue weighted by Crippen LogP contribution is 2.32. The van der Waals surface area contributed by atoms with Crippen molar-refractivity contribution in [1.29, 1.82) is 0 Å². The fourth-order valence-electron chi connectivity index (χ4n) is 2.74. The van der Waals surface area contributed by atoms with E-state index in [9.17, 15) is 0 Å². The third-order valence-corrected chi connectivity index (χ3v) is 3.65. The van der Waals surface area contributed by atoms with Crippen molar-refractivity contribution in [3.63, 3.8) is 0 Å². The molecule has 1 aromatic carbocycles. The SMILES string of the molecule is CCC[C@H](c1ccccc1OC)N1CCNCC1.Cl.Cl. The normalized spacial score (nSPS) is 16.7. The molecule has 1 aromatic rings. The lowest BCUT2D eigenvalue weighted by atomic mass is 9.99. The van der Waals surface area contributed by atoms with Gasteiger partial charge in [-0.2, -0.15) is 0 Å². The van der Waals surface area contributed by atoms with Gasteiger partial charge in [0.25, 0.3) is 0 Å². The van der Waals surface area contributed by atoms with E-state index in [0.29, 0.717) is 6.04 Å². The summed E-state index contributed by atoms with van der Waals surface area (Å²) in [5, 5.41) is 3.42. The van der Waals surface area contributed by atoms with E-state index in [1.54, 1.807) is 7.11 Å². The molecule has 0 spiro atoms. The summed E-state index contributed by atoms with van der Waals surface area (Å²) in [7, 11) is 1.76. The molecule has 1 saturated heterocycles. The van der Waals surface area contributed by atoms with E-state index in [4.69, 9.17) is 4.74 Å². The van der Waals surface area contributed by atoms with Gasteiger partial charge in [0, 0.05) is 37.8 Å². The van der Waals surface area contributed by atoms with Crippen LogP contribution in [0.15, 0.2) is 24.3 Å². The number of nitrogens with zero attached hydrogens (tertiary/aromatic N) is 1.